The molecule has 0 unspecified atom stereocenters. The van der Waals surface area contributed by atoms with Crippen LogP contribution in [0, 0.1) is 0 Å². The first-order valence-corrected chi connectivity index (χ1v) is 9.59. The number of nitrogens with zero attached hydrogens (tertiary/aromatic N) is 3. The van der Waals surface area contributed by atoms with Crippen LogP contribution in [0.15, 0.2) is 22.7 Å². The minimum atomic E-state index is -3.90. The topological polar surface area (TPSA) is 74.1 Å². The van der Waals surface area contributed by atoms with Crippen molar-refractivity contribution >= 4 is 31.1 Å². The number of hydrogen-bond acceptors (Lipinski definition) is 6. The van der Waals surface area contributed by atoms with Gasteiger partial charge in [-0.3, -0.25) is 4.57 Å². The fraction of sp³-hybridized carbons (Fsp3) is 0.500. The normalized spacial score (nSPS) is 11.9. The molecule has 116 valence electrons. The third-order valence-corrected chi connectivity index (χ3v) is 5.02. The lowest BCUT2D eigenvalue weighted by molar-refractivity contribution is 0.183. The third-order valence-electron chi connectivity index (χ3n) is 2.93. The number of thiophene rings is 1. The summed E-state index contributed by atoms with van der Waals surface area (Å²) >= 11 is 1.71. The summed E-state index contributed by atoms with van der Waals surface area (Å²) in [5.74, 6) is 0.614. The number of aromatic nitrogens is 3. The van der Waals surface area contributed by atoms with Crippen molar-refractivity contribution in [2.24, 2.45) is 0 Å². The van der Waals surface area contributed by atoms with E-state index in [1.807, 2.05) is 11.4 Å². The fourth-order valence-corrected chi connectivity index (χ4v) is 3.66. The van der Waals surface area contributed by atoms with Crippen molar-refractivity contribution in [1.82, 2.24) is 14.8 Å². The standard InChI is InChI=1S/C12H16ClN3O3S2/c1-19-8-7-16-11(14-15-12(16)21(13,17)18)6-2-4-10-5-3-9-20-10/h3,5,9H,2,4,6-8H2,1H3. The number of rotatable bonds is 8. The van der Waals surface area contributed by atoms with Gasteiger partial charge in [-0.1, -0.05) is 6.07 Å². The van der Waals surface area contributed by atoms with E-state index in [2.05, 4.69) is 16.3 Å². The number of halogens is 1. The first kappa shape index (κ1) is 16.4. The molecule has 2 rings (SSSR count). The Labute approximate surface area is 132 Å². The van der Waals surface area contributed by atoms with Crippen LogP contribution in [0.3, 0.4) is 0 Å². The number of methoxy groups -OCH3 is 1. The quantitative estimate of drug-likeness (QED) is 0.682. The zero-order chi connectivity index (χ0) is 15.3. The van der Waals surface area contributed by atoms with Crippen LogP contribution >= 0.6 is 22.0 Å². The molecule has 0 aromatic carbocycles. The molecule has 0 N–H and O–H groups in total. The molecule has 2 aromatic rings. The van der Waals surface area contributed by atoms with E-state index >= 15 is 0 Å². The van der Waals surface area contributed by atoms with Gasteiger partial charge in [-0.05, 0) is 24.3 Å². The second kappa shape index (κ2) is 7.35. The Morgan fingerprint density at radius 1 is 1.38 bits per heavy atom. The summed E-state index contributed by atoms with van der Waals surface area (Å²) in [6.07, 6.45) is 2.44. The highest BCUT2D eigenvalue weighted by Gasteiger charge is 2.22. The predicted octanol–water partition coefficient (Wildman–Crippen LogP) is 2.09. The summed E-state index contributed by atoms with van der Waals surface area (Å²) in [4.78, 5) is 1.29. The Kier molecular flexibility index (Phi) is 5.74. The molecule has 2 aromatic heterocycles. The molecule has 0 atom stereocenters. The Hall–Kier alpha value is -0.960. The highest BCUT2D eigenvalue weighted by Crippen LogP contribution is 2.17. The van der Waals surface area contributed by atoms with Gasteiger partial charge < -0.3 is 4.74 Å². The maximum absolute atomic E-state index is 11.5. The lowest BCUT2D eigenvalue weighted by Crippen LogP contribution is -2.13. The van der Waals surface area contributed by atoms with Gasteiger partial charge in [0.15, 0.2) is 0 Å². The van der Waals surface area contributed by atoms with Crippen molar-refractivity contribution < 1.29 is 13.2 Å². The smallest absolute Gasteiger partial charge is 0.296 e. The van der Waals surface area contributed by atoms with E-state index in [0.717, 1.165) is 12.8 Å². The van der Waals surface area contributed by atoms with E-state index in [1.165, 1.54) is 9.44 Å². The Balaban J connectivity index is 2.09. The van der Waals surface area contributed by atoms with Crippen LogP contribution in [0.1, 0.15) is 17.1 Å². The molecule has 6 nitrogen and oxygen atoms in total. The van der Waals surface area contributed by atoms with Gasteiger partial charge in [0.2, 0.25) is 0 Å². The molecule has 0 aliphatic carbocycles. The summed E-state index contributed by atoms with van der Waals surface area (Å²) in [6.45, 7) is 0.731. The van der Waals surface area contributed by atoms with Crippen LogP contribution in [-0.4, -0.2) is 36.9 Å². The van der Waals surface area contributed by atoms with Crippen molar-refractivity contribution in [2.45, 2.75) is 31.0 Å². The van der Waals surface area contributed by atoms with Crippen LogP contribution in [-0.2, 0) is 33.2 Å². The summed E-state index contributed by atoms with van der Waals surface area (Å²) in [6, 6.07) is 4.09. The zero-order valence-corrected chi connectivity index (χ0v) is 13.9. The molecule has 9 heteroatoms. The molecule has 0 aliphatic heterocycles. The van der Waals surface area contributed by atoms with Gasteiger partial charge in [0, 0.05) is 35.6 Å². The average molecular weight is 350 g/mol. The molecule has 21 heavy (non-hydrogen) atoms. The molecule has 0 saturated carbocycles. The Bertz CT molecular complexity index is 668. The van der Waals surface area contributed by atoms with Gasteiger partial charge in [-0.2, -0.15) is 0 Å². The first-order valence-electron chi connectivity index (χ1n) is 6.40. The van der Waals surface area contributed by atoms with Crippen molar-refractivity contribution in [3.05, 3.63) is 28.2 Å². The lowest BCUT2D eigenvalue weighted by Gasteiger charge is -2.08. The van der Waals surface area contributed by atoms with E-state index < -0.39 is 9.05 Å². The monoisotopic (exact) mass is 349 g/mol. The van der Waals surface area contributed by atoms with Crippen molar-refractivity contribution in [3.8, 4) is 0 Å². The summed E-state index contributed by atoms with van der Waals surface area (Å²) in [7, 11) is 3.03. The largest absolute Gasteiger partial charge is 0.383 e. The van der Waals surface area contributed by atoms with Crippen LogP contribution < -0.4 is 0 Å². The van der Waals surface area contributed by atoms with Crippen molar-refractivity contribution in [1.29, 1.82) is 0 Å². The van der Waals surface area contributed by atoms with Crippen LogP contribution in [0.5, 0.6) is 0 Å². The highest BCUT2D eigenvalue weighted by atomic mass is 35.7. The van der Waals surface area contributed by atoms with Gasteiger partial charge in [0.25, 0.3) is 14.2 Å². The zero-order valence-electron chi connectivity index (χ0n) is 11.5. The van der Waals surface area contributed by atoms with Crippen LogP contribution in [0.25, 0.3) is 0 Å². The summed E-state index contributed by atoms with van der Waals surface area (Å²) in [5, 5.41) is 9.47. The molecular formula is C12H16ClN3O3S2. The number of ether oxygens (including phenoxy) is 1. The average Bonchev–Trinajstić information content (AvgIpc) is 3.05. The van der Waals surface area contributed by atoms with E-state index in [1.54, 1.807) is 18.4 Å². The van der Waals surface area contributed by atoms with E-state index in [4.69, 9.17) is 15.4 Å². The minimum Gasteiger partial charge on any atom is -0.383 e. The first-order chi connectivity index (χ1) is 10.0. The molecule has 0 fully saturated rings. The molecule has 0 bridgehead atoms. The second-order valence-corrected chi connectivity index (χ2v) is 7.91. The van der Waals surface area contributed by atoms with Crippen LogP contribution in [0.4, 0.5) is 0 Å². The number of hydrogen-bond donors (Lipinski definition) is 0. The van der Waals surface area contributed by atoms with Crippen molar-refractivity contribution in [2.75, 3.05) is 13.7 Å². The van der Waals surface area contributed by atoms with Gasteiger partial charge in [-0.15, -0.1) is 21.5 Å². The Morgan fingerprint density at radius 3 is 2.81 bits per heavy atom. The molecule has 0 saturated heterocycles. The maximum Gasteiger partial charge on any atom is 0.296 e. The summed E-state index contributed by atoms with van der Waals surface area (Å²) < 4.78 is 29.5. The summed E-state index contributed by atoms with van der Waals surface area (Å²) in [5.41, 5.74) is 0. The number of aryl methyl sites for hydroxylation is 2. The highest BCUT2D eigenvalue weighted by molar-refractivity contribution is 8.13. The van der Waals surface area contributed by atoms with Gasteiger partial charge >= 0.3 is 0 Å². The van der Waals surface area contributed by atoms with Gasteiger partial charge in [0.1, 0.15) is 5.82 Å². The molecular weight excluding hydrogens is 334 g/mol. The van der Waals surface area contributed by atoms with E-state index in [-0.39, 0.29) is 5.16 Å². The van der Waals surface area contributed by atoms with Crippen LogP contribution in [0.2, 0.25) is 0 Å². The molecule has 0 aliphatic rings. The fourth-order valence-electron chi connectivity index (χ4n) is 1.97. The SMILES string of the molecule is COCCn1c(CCCc2cccs2)nnc1S(=O)(=O)Cl. The minimum absolute atomic E-state index is 0.215. The van der Waals surface area contributed by atoms with Gasteiger partial charge in [0.05, 0.1) is 6.61 Å². The Morgan fingerprint density at radius 2 is 2.19 bits per heavy atom. The lowest BCUT2D eigenvalue weighted by atomic mass is 10.2. The van der Waals surface area contributed by atoms with E-state index in [9.17, 15) is 8.42 Å². The molecule has 0 spiro atoms. The van der Waals surface area contributed by atoms with Gasteiger partial charge in [-0.25, -0.2) is 8.42 Å². The molecule has 0 amide bonds. The molecule has 0 radical (unpaired) electrons. The van der Waals surface area contributed by atoms with Crippen molar-refractivity contribution in [3.63, 3.8) is 0 Å². The predicted molar refractivity (Wildman–Crippen MR) is 81.3 cm³/mol. The third kappa shape index (κ3) is 4.50. The molecule has 2 heterocycles. The van der Waals surface area contributed by atoms with E-state index in [0.29, 0.717) is 25.4 Å². The maximum atomic E-state index is 11.5. The second-order valence-electron chi connectivity index (χ2n) is 4.41.